The van der Waals surface area contributed by atoms with E-state index in [0.29, 0.717) is 6.54 Å². The molecule has 0 saturated carbocycles. The number of nitrogens with zero attached hydrogens (tertiary/aromatic N) is 2. The van der Waals surface area contributed by atoms with Gasteiger partial charge in [-0.25, -0.2) is 4.79 Å². The van der Waals surface area contributed by atoms with E-state index >= 15 is 0 Å². The number of carbonyl (C=O) groups is 1. The first-order chi connectivity index (χ1) is 9.61. The monoisotopic (exact) mass is 281 g/mol. The van der Waals surface area contributed by atoms with Gasteiger partial charge in [-0.05, 0) is 26.7 Å². The van der Waals surface area contributed by atoms with Crippen molar-refractivity contribution in [1.29, 1.82) is 0 Å². The predicted molar refractivity (Wildman–Crippen MR) is 74.3 cm³/mol. The minimum atomic E-state index is -0.489. The van der Waals surface area contributed by atoms with Gasteiger partial charge in [-0.2, -0.15) is 5.10 Å². The van der Waals surface area contributed by atoms with Crippen LogP contribution in [0.5, 0.6) is 0 Å². The molecule has 0 amide bonds. The van der Waals surface area contributed by atoms with Crippen LogP contribution in [0.1, 0.15) is 44.3 Å². The van der Waals surface area contributed by atoms with Crippen molar-refractivity contribution in [2.45, 2.75) is 44.9 Å². The second-order valence-corrected chi connectivity index (χ2v) is 5.35. The largest absolute Gasteiger partial charge is 0.468 e. The molecule has 1 aromatic heterocycles. The van der Waals surface area contributed by atoms with Crippen LogP contribution in [0.4, 0.5) is 0 Å². The summed E-state index contributed by atoms with van der Waals surface area (Å²) in [6, 6.07) is -0.225. The molecule has 1 N–H and O–H groups in total. The average Bonchev–Trinajstić information content (AvgIpc) is 3.09. The fourth-order valence-electron chi connectivity index (χ4n) is 2.29. The summed E-state index contributed by atoms with van der Waals surface area (Å²) in [5.41, 5.74) is 0.823. The van der Waals surface area contributed by atoms with Crippen molar-refractivity contribution < 1.29 is 14.3 Å². The van der Waals surface area contributed by atoms with Crippen LogP contribution in [0.3, 0.4) is 0 Å². The van der Waals surface area contributed by atoms with Crippen LogP contribution >= 0.6 is 0 Å². The highest BCUT2D eigenvalue weighted by Gasteiger charge is 2.25. The van der Waals surface area contributed by atoms with E-state index in [9.17, 15) is 4.79 Å². The van der Waals surface area contributed by atoms with E-state index in [0.717, 1.165) is 25.0 Å². The van der Waals surface area contributed by atoms with Crippen LogP contribution < -0.4 is 5.32 Å². The Morgan fingerprint density at radius 3 is 3.00 bits per heavy atom. The second kappa shape index (κ2) is 6.85. The molecule has 0 aliphatic carbocycles. The average molecular weight is 281 g/mol. The van der Waals surface area contributed by atoms with Gasteiger partial charge in [0, 0.05) is 31.0 Å². The van der Waals surface area contributed by atoms with Gasteiger partial charge in [0.15, 0.2) is 0 Å². The molecule has 112 valence electrons. The summed E-state index contributed by atoms with van der Waals surface area (Å²) in [6.45, 7) is 5.54. The van der Waals surface area contributed by atoms with Crippen molar-refractivity contribution in [3.05, 3.63) is 18.0 Å². The molecular weight excluding hydrogens is 258 g/mol. The molecule has 2 atom stereocenters. The van der Waals surface area contributed by atoms with E-state index in [2.05, 4.69) is 10.4 Å². The van der Waals surface area contributed by atoms with Gasteiger partial charge in [0.05, 0.1) is 19.4 Å². The SMILES string of the molecule is COC(=O)C(NCC1CCCO1)c1cnn(C(C)C)c1. The summed E-state index contributed by atoms with van der Waals surface area (Å²) in [7, 11) is 1.40. The van der Waals surface area contributed by atoms with Crippen molar-refractivity contribution >= 4 is 5.97 Å². The third-order valence-electron chi connectivity index (χ3n) is 3.49. The lowest BCUT2D eigenvalue weighted by Gasteiger charge is -2.17. The smallest absolute Gasteiger partial charge is 0.327 e. The summed E-state index contributed by atoms with van der Waals surface area (Å²) in [6.07, 6.45) is 5.90. The molecule has 1 aliphatic rings. The second-order valence-electron chi connectivity index (χ2n) is 5.35. The number of hydrogen-bond acceptors (Lipinski definition) is 5. The highest BCUT2D eigenvalue weighted by Crippen LogP contribution is 2.17. The lowest BCUT2D eigenvalue weighted by atomic mass is 10.1. The Balaban J connectivity index is 2.03. The van der Waals surface area contributed by atoms with Gasteiger partial charge in [0.1, 0.15) is 6.04 Å². The minimum absolute atomic E-state index is 0.183. The van der Waals surface area contributed by atoms with Gasteiger partial charge < -0.3 is 9.47 Å². The maximum atomic E-state index is 11.9. The molecule has 6 heteroatoms. The molecule has 0 radical (unpaired) electrons. The number of rotatable bonds is 6. The summed E-state index contributed by atoms with van der Waals surface area (Å²) in [5.74, 6) is -0.300. The highest BCUT2D eigenvalue weighted by atomic mass is 16.5. The van der Waals surface area contributed by atoms with E-state index in [-0.39, 0.29) is 18.1 Å². The van der Waals surface area contributed by atoms with Gasteiger partial charge >= 0.3 is 5.97 Å². The first-order valence-electron chi connectivity index (χ1n) is 7.08. The van der Waals surface area contributed by atoms with Gasteiger partial charge in [-0.3, -0.25) is 10.00 Å². The lowest BCUT2D eigenvalue weighted by Crippen LogP contribution is -2.35. The Morgan fingerprint density at radius 2 is 2.45 bits per heavy atom. The molecule has 2 heterocycles. The van der Waals surface area contributed by atoms with Gasteiger partial charge in [-0.15, -0.1) is 0 Å². The van der Waals surface area contributed by atoms with Crippen LogP contribution in [-0.2, 0) is 14.3 Å². The summed E-state index contributed by atoms with van der Waals surface area (Å²) in [4.78, 5) is 11.9. The number of methoxy groups -OCH3 is 1. The summed E-state index contributed by atoms with van der Waals surface area (Å²) in [5, 5.41) is 7.50. The predicted octanol–water partition coefficient (Wildman–Crippen LogP) is 1.45. The Labute approximate surface area is 119 Å². The van der Waals surface area contributed by atoms with E-state index in [1.165, 1.54) is 7.11 Å². The van der Waals surface area contributed by atoms with Gasteiger partial charge in [-0.1, -0.05) is 0 Å². The van der Waals surface area contributed by atoms with Crippen LogP contribution in [0.15, 0.2) is 12.4 Å². The molecule has 2 rings (SSSR count). The van der Waals surface area contributed by atoms with E-state index < -0.39 is 6.04 Å². The van der Waals surface area contributed by atoms with Gasteiger partial charge in [0.2, 0.25) is 0 Å². The molecule has 6 nitrogen and oxygen atoms in total. The fourth-order valence-corrected chi connectivity index (χ4v) is 2.29. The normalized spacial score (nSPS) is 20.3. The third kappa shape index (κ3) is 3.58. The number of ether oxygens (including phenoxy) is 2. The first kappa shape index (κ1) is 15.0. The van der Waals surface area contributed by atoms with Crippen LogP contribution in [0.2, 0.25) is 0 Å². The molecule has 0 aromatic carbocycles. The van der Waals surface area contributed by atoms with Crippen molar-refractivity contribution in [3.8, 4) is 0 Å². The molecule has 1 aromatic rings. The maximum Gasteiger partial charge on any atom is 0.327 e. The number of nitrogens with one attached hydrogen (secondary N) is 1. The van der Waals surface area contributed by atoms with Crippen molar-refractivity contribution in [3.63, 3.8) is 0 Å². The zero-order valence-corrected chi connectivity index (χ0v) is 12.3. The van der Waals surface area contributed by atoms with Crippen molar-refractivity contribution in [2.75, 3.05) is 20.3 Å². The standard InChI is InChI=1S/C14H23N3O3/c1-10(2)17-9-11(7-16-17)13(14(18)19-3)15-8-12-5-4-6-20-12/h7,9-10,12-13,15H,4-6,8H2,1-3H3. The van der Waals surface area contributed by atoms with Crippen molar-refractivity contribution in [1.82, 2.24) is 15.1 Å². The van der Waals surface area contributed by atoms with Gasteiger partial charge in [0.25, 0.3) is 0 Å². The molecule has 2 unspecified atom stereocenters. The molecule has 1 aliphatic heterocycles. The van der Waals surface area contributed by atoms with Crippen LogP contribution in [-0.4, -0.2) is 42.1 Å². The molecule has 1 saturated heterocycles. The van der Waals surface area contributed by atoms with E-state index in [4.69, 9.17) is 9.47 Å². The molecule has 0 bridgehead atoms. The summed E-state index contributed by atoms with van der Waals surface area (Å²) >= 11 is 0. The topological polar surface area (TPSA) is 65.4 Å². The van der Waals surface area contributed by atoms with E-state index in [1.807, 2.05) is 24.7 Å². The zero-order chi connectivity index (χ0) is 14.5. The van der Waals surface area contributed by atoms with Crippen molar-refractivity contribution in [2.24, 2.45) is 0 Å². The Morgan fingerprint density at radius 1 is 1.65 bits per heavy atom. The van der Waals surface area contributed by atoms with Crippen LogP contribution in [0, 0.1) is 0 Å². The number of esters is 1. The number of aromatic nitrogens is 2. The Bertz CT molecular complexity index is 439. The Kier molecular flexibility index (Phi) is 5.14. The third-order valence-corrected chi connectivity index (χ3v) is 3.49. The highest BCUT2D eigenvalue weighted by molar-refractivity contribution is 5.77. The Hall–Kier alpha value is -1.40. The minimum Gasteiger partial charge on any atom is -0.468 e. The number of carbonyl (C=O) groups excluding carboxylic acids is 1. The molecule has 0 spiro atoms. The van der Waals surface area contributed by atoms with E-state index in [1.54, 1.807) is 6.20 Å². The number of hydrogen-bond donors (Lipinski definition) is 1. The summed E-state index contributed by atoms with van der Waals surface area (Å²) < 4.78 is 12.3. The molecule has 1 fully saturated rings. The zero-order valence-electron chi connectivity index (χ0n) is 12.3. The first-order valence-corrected chi connectivity index (χ1v) is 7.08. The lowest BCUT2D eigenvalue weighted by molar-refractivity contribution is -0.143. The quantitative estimate of drug-likeness (QED) is 0.799. The maximum absolute atomic E-state index is 11.9. The fraction of sp³-hybridized carbons (Fsp3) is 0.714. The molecular formula is C14H23N3O3. The molecule has 20 heavy (non-hydrogen) atoms. The van der Waals surface area contributed by atoms with Crippen LogP contribution in [0.25, 0.3) is 0 Å².